The molecule has 110 valence electrons. The van der Waals surface area contributed by atoms with Crippen LogP contribution in [0.5, 0.6) is 0 Å². The van der Waals surface area contributed by atoms with E-state index in [1.165, 1.54) is 0 Å². The highest BCUT2D eigenvalue weighted by Gasteiger charge is 2.13. The first-order chi connectivity index (χ1) is 9.95. The highest BCUT2D eigenvalue weighted by atomic mass is 32.1. The van der Waals surface area contributed by atoms with Gasteiger partial charge in [0.2, 0.25) is 0 Å². The third-order valence-corrected chi connectivity index (χ3v) is 5.80. The van der Waals surface area contributed by atoms with Crippen molar-refractivity contribution in [3.8, 4) is 0 Å². The predicted octanol–water partition coefficient (Wildman–Crippen LogP) is 3.77. The molecule has 0 saturated carbocycles. The van der Waals surface area contributed by atoms with E-state index in [9.17, 15) is 4.79 Å². The Morgan fingerprint density at radius 1 is 1.29 bits per heavy atom. The van der Waals surface area contributed by atoms with E-state index in [-0.39, 0.29) is 5.56 Å². The maximum atomic E-state index is 12.2. The molecule has 0 bridgehead atoms. The quantitative estimate of drug-likeness (QED) is 0.799. The van der Waals surface area contributed by atoms with Crippen molar-refractivity contribution in [2.24, 2.45) is 0 Å². The maximum absolute atomic E-state index is 12.2. The number of aryl methyl sites for hydroxylation is 2. The van der Waals surface area contributed by atoms with Gasteiger partial charge in [0.1, 0.15) is 10.7 Å². The van der Waals surface area contributed by atoms with Crippen LogP contribution in [0.25, 0.3) is 10.2 Å². The molecule has 3 rings (SSSR count). The SMILES string of the molecule is Cc1sc2nc(Cc3csc(C(C)C)n3)[nH]c(=O)c2c1C. The molecule has 0 spiro atoms. The molecule has 0 saturated heterocycles. The van der Waals surface area contributed by atoms with Gasteiger partial charge in [0.05, 0.1) is 16.1 Å². The number of nitrogens with one attached hydrogen (secondary N) is 1. The fourth-order valence-electron chi connectivity index (χ4n) is 2.22. The second-order valence-electron chi connectivity index (χ2n) is 5.48. The number of hydrogen-bond donors (Lipinski definition) is 1. The first-order valence-corrected chi connectivity index (χ1v) is 8.58. The molecule has 3 aromatic heterocycles. The van der Waals surface area contributed by atoms with Gasteiger partial charge in [-0.3, -0.25) is 4.79 Å². The molecule has 0 aliphatic carbocycles. The van der Waals surface area contributed by atoms with E-state index in [4.69, 9.17) is 0 Å². The highest BCUT2D eigenvalue weighted by Crippen LogP contribution is 2.26. The molecule has 0 aliphatic rings. The first kappa shape index (κ1) is 14.4. The molecule has 3 aromatic rings. The lowest BCUT2D eigenvalue weighted by atomic mass is 10.2. The number of hydrogen-bond acceptors (Lipinski definition) is 5. The van der Waals surface area contributed by atoms with Crippen molar-refractivity contribution in [1.82, 2.24) is 15.0 Å². The fraction of sp³-hybridized carbons (Fsp3) is 0.400. The van der Waals surface area contributed by atoms with Crippen LogP contribution in [0.2, 0.25) is 0 Å². The smallest absolute Gasteiger partial charge is 0.259 e. The Labute approximate surface area is 130 Å². The van der Waals surface area contributed by atoms with Crippen molar-refractivity contribution in [1.29, 1.82) is 0 Å². The third-order valence-electron chi connectivity index (χ3n) is 3.50. The molecule has 3 heterocycles. The highest BCUT2D eigenvalue weighted by molar-refractivity contribution is 7.18. The summed E-state index contributed by atoms with van der Waals surface area (Å²) in [4.78, 5) is 26.3. The number of thiophene rings is 1. The van der Waals surface area contributed by atoms with Gasteiger partial charge in [-0.15, -0.1) is 22.7 Å². The zero-order valence-electron chi connectivity index (χ0n) is 12.5. The lowest BCUT2D eigenvalue weighted by molar-refractivity contribution is 0.836. The van der Waals surface area contributed by atoms with Crippen molar-refractivity contribution < 1.29 is 0 Å². The second kappa shape index (κ2) is 5.35. The minimum atomic E-state index is -0.0452. The molecular weight excluding hydrogens is 302 g/mol. The Morgan fingerprint density at radius 2 is 2.05 bits per heavy atom. The largest absolute Gasteiger partial charge is 0.310 e. The number of rotatable bonds is 3. The molecule has 0 aromatic carbocycles. The summed E-state index contributed by atoms with van der Waals surface area (Å²) in [6.45, 7) is 8.26. The molecule has 1 N–H and O–H groups in total. The molecule has 0 radical (unpaired) electrons. The van der Waals surface area contributed by atoms with Crippen LogP contribution >= 0.6 is 22.7 Å². The lowest BCUT2D eigenvalue weighted by Gasteiger charge is -1.99. The molecule has 0 unspecified atom stereocenters. The zero-order valence-corrected chi connectivity index (χ0v) is 14.1. The fourth-order valence-corrected chi connectivity index (χ4v) is 4.11. The summed E-state index contributed by atoms with van der Waals surface area (Å²) in [5, 5.41) is 3.89. The van der Waals surface area contributed by atoms with Gasteiger partial charge in [-0.1, -0.05) is 13.8 Å². The average molecular weight is 319 g/mol. The first-order valence-electron chi connectivity index (χ1n) is 6.89. The zero-order chi connectivity index (χ0) is 15.1. The van der Waals surface area contributed by atoms with Gasteiger partial charge in [-0.05, 0) is 19.4 Å². The van der Waals surface area contributed by atoms with Crippen LogP contribution < -0.4 is 5.56 Å². The average Bonchev–Trinajstić information content (AvgIpc) is 2.96. The lowest BCUT2D eigenvalue weighted by Crippen LogP contribution is -2.12. The molecular formula is C15H17N3OS2. The van der Waals surface area contributed by atoms with E-state index in [0.29, 0.717) is 18.2 Å². The number of fused-ring (bicyclic) bond motifs is 1. The maximum Gasteiger partial charge on any atom is 0.259 e. The molecule has 0 atom stereocenters. The Bertz CT molecular complexity index is 858. The van der Waals surface area contributed by atoms with Crippen LogP contribution in [-0.2, 0) is 6.42 Å². The second-order valence-corrected chi connectivity index (χ2v) is 7.58. The number of thiazole rings is 1. The third kappa shape index (κ3) is 2.65. The number of H-pyrrole nitrogens is 1. The number of aromatic nitrogens is 3. The van der Waals surface area contributed by atoms with Gasteiger partial charge in [0.15, 0.2) is 0 Å². The Kier molecular flexibility index (Phi) is 3.67. The van der Waals surface area contributed by atoms with Crippen molar-refractivity contribution in [2.75, 3.05) is 0 Å². The van der Waals surface area contributed by atoms with Gasteiger partial charge < -0.3 is 4.98 Å². The summed E-state index contributed by atoms with van der Waals surface area (Å²) in [5.74, 6) is 1.12. The summed E-state index contributed by atoms with van der Waals surface area (Å²) in [7, 11) is 0. The van der Waals surface area contributed by atoms with Crippen LogP contribution in [0.3, 0.4) is 0 Å². The van der Waals surface area contributed by atoms with E-state index < -0.39 is 0 Å². The minimum Gasteiger partial charge on any atom is -0.310 e. The van der Waals surface area contributed by atoms with Gasteiger partial charge in [0.25, 0.3) is 5.56 Å². The summed E-state index contributed by atoms with van der Waals surface area (Å²) < 4.78 is 0. The van der Waals surface area contributed by atoms with Gasteiger partial charge in [-0.2, -0.15) is 0 Å². The van der Waals surface area contributed by atoms with Gasteiger partial charge in [-0.25, -0.2) is 9.97 Å². The van der Waals surface area contributed by atoms with Crippen LogP contribution in [-0.4, -0.2) is 15.0 Å². The number of nitrogens with zero attached hydrogens (tertiary/aromatic N) is 2. The molecule has 0 aliphatic heterocycles. The van der Waals surface area contributed by atoms with Gasteiger partial charge in [0, 0.05) is 22.6 Å². The van der Waals surface area contributed by atoms with Crippen LogP contribution in [0.1, 0.15) is 46.7 Å². The summed E-state index contributed by atoms with van der Waals surface area (Å²) in [6, 6.07) is 0. The van der Waals surface area contributed by atoms with E-state index in [0.717, 1.165) is 31.4 Å². The molecule has 6 heteroatoms. The summed E-state index contributed by atoms with van der Waals surface area (Å²) in [5.41, 5.74) is 1.96. The van der Waals surface area contributed by atoms with Crippen molar-refractivity contribution in [3.63, 3.8) is 0 Å². The Hall–Kier alpha value is -1.53. The van der Waals surface area contributed by atoms with E-state index in [1.54, 1.807) is 22.7 Å². The monoisotopic (exact) mass is 319 g/mol. The van der Waals surface area contributed by atoms with E-state index in [1.807, 2.05) is 19.2 Å². The Balaban J connectivity index is 1.99. The predicted molar refractivity (Wildman–Crippen MR) is 88.7 cm³/mol. The molecule has 4 nitrogen and oxygen atoms in total. The van der Waals surface area contributed by atoms with Crippen LogP contribution in [0, 0.1) is 13.8 Å². The number of aromatic amines is 1. The topological polar surface area (TPSA) is 58.6 Å². The van der Waals surface area contributed by atoms with Crippen LogP contribution in [0.15, 0.2) is 10.2 Å². The normalized spacial score (nSPS) is 11.7. The molecule has 0 amide bonds. The summed E-state index contributed by atoms with van der Waals surface area (Å²) in [6.07, 6.45) is 0.574. The Morgan fingerprint density at radius 3 is 2.71 bits per heavy atom. The summed E-state index contributed by atoms with van der Waals surface area (Å²) >= 11 is 3.24. The van der Waals surface area contributed by atoms with E-state index in [2.05, 4.69) is 28.8 Å². The van der Waals surface area contributed by atoms with Crippen molar-refractivity contribution in [3.05, 3.63) is 42.7 Å². The standard InChI is InChI=1S/C15H17N3OS2/c1-7(2)14-16-10(6-20-14)5-11-17-13(19)12-8(3)9(4)21-15(12)18-11/h6-7H,5H2,1-4H3,(H,17,18,19). The molecule has 0 fully saturated rings. The van der Waals surface area contributed by atoms with Crippen molar-refractivity contribution >= 4 is 32.9 Å². The van der Waals surface area contributed by atoms with E-state index >= 15 is 0 Å². The minimum absolute atomic E-state index is 0.0452. The molecule has 21 heavy (non-hydrogen) atoms. The van der Waals surface area contributed by atoms with Gasteiger partial charge >= 0.3 is 0 Å². The van der Waals surface area contributed by atoms with Crippen LogP contribution in [0.4, 0.5) is 0 Å². The van der Waals surface area contributed by atoms with Crippen molar-refractivity contribution in [2.45, 2.75) is 40.0 Å².